The van der Waals surface area contributed by atoms with Crippen LogP contribution in [0.25, 0.3) is 47.2 Å². The van der Waals surface area contributed by atoms with Crippen molar-refractivity contribution < 1.29 is 9.90 Å². The largest absolute Gasteiger partial charge is 0.477 e. The van der Waals surface area contributed by atoms with Crippen molar-refractivity contribution >= 4 is 74.5 Å². The van der Waals surface area contributed by atoms with E-state index in [1.165, 1.54) is 160 Å². The van der Waals surface area contributed by atoms with E-state index in [4.69, 9.17) is 0 Å². The molecule has 0 atom stereocenters. The molecule has 0 saturated heterocycles. The summed E-state index contributed by atoms with van der Waals surface area (Å²) in [4.78, 5) is 24.1. The fourth-order valence-corrected chi connectivity index (χ4v) is 15.0. The third-order valence-electron chi connectivity index (χ3n) is 14.9. The Morgan fingerprint density at radius 2 is 0.910 bits per heavy atom. The van der Waals surface area contributed by atoms with Gasteiger partial charge in [0.2, 0.25) is 0 Å². The minimum atomic E-state index is -1.21. The highest BCUT2D eigenvalue weighted by Crippen LogP contribution is 2.67. The van der Waals surface area contributed by atoms with Crippen LogP contribution < -0.4 is 4.90 Å². The summed E-state index contributed by atoms with van der Waals surface area (Å²) in [6, 6.07) is 34.9. The van der Waals surface area contributed by atoms with Crippen LogP contribution in [-0.2, 0) is 33.9 Å². The van der Waals surface area contributed by atoms with Crippen LogP contribution in [0.5, 0.6) is 0 Å². The summed E-state index contributed by atoms with van der Waals surface area (Å²) in [6.45, 7) is 19.3. The average Bonchev–Trinajstić information content (AvgIpc) is 4.16. The number of hydrogen-bond donors (Lipinski definition) is 1. The molecule has 0 bridgehead atoms. The molecule has 10 rings (SSSR count). The first kappa shape index (κ1) is 45.7. The standard InChI is InChI=1S/C59H60N2O2S4/c1-9-11-13-15-17-39-19-22-48(64-39)35-28-42-53-44(30-35)58(5,6)46-32-37(50-25-26-52(67-50)51-24-21-41(66-51)27-38(34-60)56(62)63)33-47-55(46)61(53)54-43(57(42,3)4)29-36(31-45(54)59(47,7)8)49-23-20-40(65-49)18-16-14-12-10-2/h19-33H,9-18H2,1-8H3,(H,62,63)/b38-27+. The van der Waals surface area contributed by atoms with Gasteiger partial charge in [-0.25, -0.2) is 4.79 Å². The average molecular weight is 957 g/mol. The van der Waals surface area contributed by atoms with Gasteiger partial charge in [-0.3, -0.25) is 0 Å². The van der Waals surface area contributed by atoms with E-state index in [0.29, 0.717) is 0 Å². The Labute approximate surface area is 413 Å². The second-order valence-electron chi connectivity index (χ2n) is 20.5. The van der Waals surface area contributed by atoms with Gasteiger partial charge in [-0.2, -0.15) is 5.26 Å². The van der Waals surface area contributed by atoms with E-state index in [9.17, 15) is 15.2 Å². The lowest BCUT2D eigenvalue weighted by Crippen LogP contribution is -2.43. The molecule has 0 radical (unpaired) electrons. The SMILES string of the molecule is CCCCCCc1ccc(-c2cc3c4c(c2)C(C)(C)c2cc(-c5ccc(-c6ccc(/C=C(\C#N)C(=O)O)s6)s5)cc5c2N4c2c(cc(-c4ccc(CCCCCC)s4)cc2C5(C)C)C3(C)C)s1. The zero-order valence-corrected chi connectivity index (χ0v) is 43.4. The van der Waals surface area contributed by atoms with Crippen molar-refractivity contribution in [3.05, 3.63) is 139 Å². The Hall–Kier alpha value is -5.04. The van der Waals surface area contributed by atoms with Crippen molar-refractivity contribution in [3.63, 3.8) is 0 Å². The van der Waals surface area contributed by atoms with Crippen molar-refractivity contribution in [3.8, 4) is 47.1 Å². The number of thiophene rings is 4. The molecule has 0 aliphatic carbocycles. The number of carboxylic acids is 1. The summed E-state index contributed by atoms with van der Waals surface area (Å²) in [5, 5.41) is 18.9. The van der Waals surface area contributed by atoms with Crippen LogP contribution in [0.1, 0.15) is 155 Å². The first-order valence-corrected chi connectivity index (χ1v) is 27.5. The van der Waals surface area contributed by atoms with Crippen LogP contribution in [0.3, 0.4) is 0 Å². The number of anilines is 3. The van der Waals surface area contributed by atoms with Crippen molar-refractivity contribution in [1.82, 2.24) is 0 Å². The molecule has 67 heavy (non-hydrogen) atoms. The molecule has 1 N–H and O–H groups in total. The molecule has 7 heterocycles. The summed E-state index contributed by atoms with van der Waals surface area (Å²) < 4.78 is 0. The number of benzene rings is 3. The first-order chi connectivity index (χ1) is 32.1. The van der Waals surface area contributed by atoms with Crippen LogP contribution in [-0.4, -0.2) is 11.1 Å². The number of carboxylic acid groups (broad SMARTS) is 1. The monoisotopic (exact) mass is 956 g/mol. The van der Waals surface area contributed by atoms with Gasteiger partial charge in [0.15, 0.2) is 0 Å². The normalized spacial score (nSPS) is 15.7. The van der Waals surface area contributed by atoms with Crippen LogP contribution >= 0.6 is 45.3 Å². The van der Waals surface area contributed by atoms with Crippen LogP contribution in [0, 0.1) is 11.3 Å². The first-order valence-electron chi connectivity index (χ1n) is 24.3. The molecule has 3 aliphatic rings. The van der Waals surface area contributed by atoms with E-state index < -0.39 is 5.97 Å². The van der Waals surface area contributed by atoms with Gasteiger partial charge < -0.3 is 10.0 Å². The van der Waals surface area contributed by atoms with Gasteiger partial charge in [0.1, 0.15) is 11.6 Å². The van der Waals surface area contributed by atoms with Gasteiger partial charge in [-0.1, -0.05) is 93.9 Å². The number of nitriles is 1. The number of aryl methyl sites for hydroxylation is 2. The summed E-state index contributed by atoms with van der Waals surface area (Å²) in [6.07, 6.45) is 13.9. The Morgan fingerprint density at radius 1 is 0.537 bits per heavy atom. The topological polar surface area (TPSA) is 64.3 Å². The second kappa shape index (κ2) is 17.5. The van der Waals surface area contributed by atoms with Crippen molar-refractivity contribution in [2.45, 2.75) is 136 Å². The van der Waals surface area contributed by atoms with E-state index in [1.807, 2.05) is 40.9 Å². The molecule has 4 nitrogen and oxygen atoms in total. The van der Waals surface area contributed by atoms with Gasteiger partial charge in [-0.05, 0) is 167 Å². The third kappa shape index (κ3) is 7.79. The Bertz CT molecular complexity index is 3010. The zero-order valence-electron chi connectivity index (χ0n) is 40.1. The maximum absolute atomic E-state index is 11.6. The molecule has 342 valence electrons. The molecular weight excluding hydrogens is 897 g/mol. The number of aliphatic carboxylic acids is 1. The molecule has 4 aromatic heterocycles. The van der Waals surface area contributed by atoms with E-state index in [1.54, 1.807) is 11.3 Å². The van der Waals surface area contributed by atoms with Crippen molar-refractivity contribution in [2.24, 2.45) is 0 Å². The highest BCUT2D eigenvalue weighted by molar-refractivity contribution is 7.24. The highest BCUT2D eigenvalue weighted by atomic mass is 32.1. The molecule has 3 aliphatic heterocycles. The highest BCUT2D eigenvalue weighted by Gasteiger charge is 2.52. The predicted molar refractivity (Wildman–Crippen MR) is 288 cm³/mol. The molecule has 3 aromatic carbocycles. The summed E-state index contributed by atoms with van der Waals surface area (Å²) >= 11 is 7.24. The molecule has 7 aromatic rings. The molecular formula is C59H60N2O2S4. The summed E-state index contributed by atoms with van der Waals surface area (Å²) in [5.74, 6) is -1.21. The van der Waals surface area contributed by atoms with Gasteiger partial charge in [-0.15, -0.1) is 45.3 Å². The molecule has 0 amide bonds. The molecule has 8 heteroatoms. The fraction of sp³-hybridized carbons (Fsp3) is 0.356. The second-order valence-corrected chi connectivity index (χ2v) is 25.0. The smallest absolute Gasteiger partial charge is 0.346 e. The van der Waals surface area contributed by atoms with Crippen LogP contribution in [0.4, 0.5) is 17.1 Å². The summed E-state index contributed by atoms with van der Waals surface area (Å²) in [5.41, 5.74) is 15.1. The lowest BCUT2D eigenvalue weighted by atomic mass is 9.60. The van der Waals surface area contributed by atoms with E-state index in [-0.39, 0.29) is 21.8 Å². The Morgan fingerprint density at radius 3 is 1.31 bits per heavy atom. The number of unbranched alkanes of at least 4 members (excludes halogenated alkanes) is 6. The number of rotatable bonds is 16. The van der Waals surface area contributed by atoms with Gasteiger partial charge in [0.25, 0.3) is 0 Å². The maximum atomic E-state index is 11.6. The fourth-order valence-electron chi connectivity index (χ4n) is 10.9. The minimum Gasteiger partial charge on any atom is -0.477 e. The van der Waals surface area contributed by atoms with Gasteiger partial charge >= 0.3 is 5.97 Å². The van der Waals surface area contributed by atoms with Crippen LogP contribution in [0.15, 0.2) is 90.5 Å². The number of nitrogens with zero attached hydrogens (tertiary/aromatic N) is 2. The number of carbonyl (C=O) groups is 1. The number of hydrogen-bond acceptors (Lipinski definition) is 7. The lowest BCUT2D eigenvalue weighted by Gasteiger charge is -2.55. The van der Waals surface area contributed by atoms with Crippen molar-refractivity contribution in [2.75, 3.05) is 4.90 Å². The molecule has 0 spiro atoms. The molecule has 0 unspecified atom stereocenters. The Balaban J connectivity index is 1.15. The van der Waals surface area contributed by atoms with E-state index in [0.717, 1.165) is 27.5 Å². The third-order valence-corrected chi connectivity index (χ3v) is 19.6. The lowest BCUT2D eigenvalue weighted by molar-refractivity contribution is -0.132. The minimum absolute atomic E-state index is 0.257. The molecule has 0 saturated carbocycles. The maximum Gasteiger partial charge on any atom is 0.346 e. The summed E-state index contributed by atoms with van der Waals surface area (Å²) in [7, 11) is 0. The van der Waals surface area contributed by atoms with Gasteiger partial charge in [0.05, 0.1) is 17.1 Å². The van der Waals surface area contributed by atoms with Gasteiger partial charge in [0, 0.05) is 55.3 Å². The zero-order chi connectivity index (χ0) is 47.0. The quantitative estimate of drug-likeness (QED) is 0.0595. The predicted octanol–water partition coefficient (Wildman–Crippen LogP) is 18.2. The van der Waals surface area contributed by atoms with Crippen LogP contribution in [0.2, 0.25) is 0 Å². The Kier molecular flexibility index (Phi) is 11.9. The van der Waals surface area contributed by atoms with Crippen molar-refractivity contribution in [1.29, 1.82) is 5.26 Å². The van der Waals surface area contributed by atoms with E-state index in [2.05, 4.69) is 133 Å². The van der Waals surface area contributed by atoms with E-state index >= 15 is 0 Å². The molecule has 0 fully saturated rings.